The summed E-state index contributed by atoms with van der Waals surface area (Å²) < 4.78 is 17.2. The minimum atomic E-state index is -3.04. The lowest BCUT2D eigenvalue weighted by Gasteiger charge is -2.20. The van der Waals surface area contributed by atoms with Crippen molar-refractivity contribution < 1.29 is 4.57 Å². The number of nitrogens with zero attached hydrogens (tertiary/aromatic N) is 2. The molecule has 0 bridgehead atoms. The van der Waals surface area contributed by atoms with Gasteiger partial charge >= 0.3 is 0 Å². The van der Waals surface area contributed by atoms with E-state index in [1.54, 1.807) is 0 Å². The Kier molecular flexibility index (Phi) is 5.78. The molecular weight excluding hydrogens is 567 g/mol. The Morgan fingerprint density at radius 2 is 1.00 bits per heavy atom. The van der Waals surface area contributed by atoms with Crippen molar-refractivity contribution in [2.45, 2.75) is 0 Å². The van der Waals surface area contributed by atoms with Crippen LogP contribution in [0.4, 0.5) is 0 Å². The topological polar surface area (TPSA) is 34.4 Å². The van der Waals surface area contributed by atoms with E-state index in [1.807, 2.05) is 78.9 Å². The maximum Gasteiger partial charge on any atom is 0.171 e. The fraction of sp³-hybridized carbons (Fsp3) is 0. The van der Waals surface area contributed by atoms with E-state index >= 15 is 0 Å². The summed E-state index contributed by atoms with van der Waals surface area (Å²) in [7, 11) is -3.04. The van der Waals surface area contributed by atoms with Gasteiger partial charge in [0.1, 0.15) is 5.65 Å². The third-order valence-electron chi connectivity index (χ3n) is 9.02. The average molecular weight is 595 g/mol. The van der Waals surface area contributed by atoms with Crippen molar-refractivity contribution in [3.05, 3.63) is 164 Å². The molecule has 0 aliphatic heterocycles. The number of benzene rings is 7. The Balaban J connectivity index is 1.26. The minimum absolute atomic E-state index is 0.827. The van der Waals surface area contributed by atoms with Gasteiger partial charge in [-0.1, -0.05) is 127 Å². The number of hydrogen-bond acceptors (Lipinski definition) is 2. The molecule has 0 aliphatic rings. The SMILES string of the molecule is O=P(c1ccccc1)(c1ccccc1)c1ccc(-c2ccc3c(c2)c2cc4ccccc4cc2c2nc4ccccc4n32)cc1. The van der Waals surface area contributed by atoms with Crippen LogP contribution in [-0.4, -0.2) is 9.38 Å². The van der Waals surface area contributed by atoms with Crippen LogP contribution in [0.3, 0.4) is 0 Å². The second-order valence-corrected chi connectivity index (χ2v) is 14.3. The zero-order valence-corrected chi connectivity index (χ0v) is 25.2. The van der Waals surface area contributed by atoms with Crippen LogP contribution in [0.25, 0.3) is 60.3 Å². The second-order valence-electron chi connectivity index (χ2n) is 11.6. The molecule has 0 spiro atoms. The van der Waals surface area contributed by atoms with Gasteiger partial charge in [0, 0.05) is 26.7 Å². The standard InChI is InChI=1S/C41H27N2OP/c44-45(32-13-3-1-4-14-32,33-15-5-2-6-16-33)34-22-19-28(20-23-34)31-21-24-39-36(26-31)35-25-29-11-7-8-12-30(29)27-37(35)41-42-38-17-9-10-18-40(38)43(39)41/h1-27H. The van der Waals surface area contributed by atoms with E-state index in [0.717, 1.165) is 54.6 Å². The number of para-hydroxylation sites is 2. The van der Waals surface area contributed by atoms with Crippen molar-refractivity contribution in [3.63, 3.8) is 0 Å². The van der Waals surface area contributed by atoms with E-state index in [0.29, 0.717) is 0 Å². The molecule has 3 nitrogen and oxygen atoms in total. The van der Waals surface area contributed by atoms with Crippen LogP contribution in [0, 0.1) is 0 Å². The summed E-state index contributed by atoms with van der Waals surface area (Å²) in [4.78, 5) is 5.10. The fourth-order valence-electron chi connectivity index (χ4n) is 6.81. The lowest BCUT2D eigenvalue weighted by molar-refractivity contribution is 0.592. The quantitative estimate of drug-likeness (QED) is 0.116. The lowest BCUT2D eigenvalue weighted by atomic mass is 9.97. The van der Waals surface area contributed by atoms with Crippen molar-refractivity contribution in [2.24, 2.45) is 0 Å². The van der Waals surface area contributed by atoms with Crippen molar-refractivity contribution >= 4 is 72.2 Å². The van der Waals surface area contributed by atoms with Crippen molar-refractivity contribution in [1.82, 2.24) is 9.38 Å². The molecule has 2 heterocycles. The van der Waals surface area contributed by atoms with Gasteiger partial charge in [0.25, 0.3) is 0 Å². The average Bonchev–Trinajstić information content (AvgIpc) is 3.51. The maximum atomic E-state index is 14.9. The normalized spacial score (nSPS) is 12.1. The van der Waals surface area contributed by atoms with Gasteiger partial charge in [-0.25, -0.2) is 4.98 Å². The highest BCUT2D eigenvalue weighted by Gasteiger charge is 2.29. The highest BCUT2D eigenvalue weighted by atomic mass is 31.2. The molecule has 0 fully saturated rings. The Labute approximate surface area is 260 Å². The third-order valence-corrected chi connectivity index (χ3v) is 12.1. The molecule has 45 heavy (non-hydrogen) atoms. The number of fused-ring (bicyclic) bond motifs is 9. The van der Waals surface area contributed by atoms with Crippen LogP contribution in [0.2, 0.25) is 0 Å². The first kappa shape index (κ1) is 25.9. The molecule has 0 atom stereocenters. The molecule has 212 valence electrons. The van der Waals surface area contributed by atoms with E-state index in [9.17, 15) is 4.57 Å². The lowest BCUT2D eigenvalue weighted by Crippen LogP contribution is -2.24. The molecule has 0 unspecified atom stereocenters. The van der Waals surface area contributed by atoms with Gasteiger partial charge in [0.05, 0.1) is 16.6 Å². The van der Waals surface area contributed by atoms with Crippen LogP contribution in [0.1, 0.15) is 0 Å². The van der Waals surface area contributed by atoms with E-state index in [1.165, 1.54) is 21.5 Å². The first-order valence-electron chi connectivity index (χ1n) is 15.2. The molecule has 4 heteroatoms. The van der Waals surface area contributed by atoms with Gasteiger partial charge in [0.2, 0.25) is 0 Å². The number of pyridine rings is 1. The summed E-state index contributed by atoms with van der Waals surface area (Å²) in [5, 5.41) is 8.40. The Morgan fingerprint density at radius 1 is 0.444 bits per heavy atom. The summed E-state index contributed by atoms with van der Waals surface area (Å²) >= 11 is 0. The Hall–Kier alpha value is -5.50. The minimum Gasteiger partial charge on any atom is -0.309 e. The van der Waals surface area contributed by atoms with Crippen LogP contribution >= 0.6 is 7.14 Å². The zero-order valence-electron chi connectivity index (χ0n) is 24.3. The van der Waals surface area contributed by atoms with E-state index in [-0.39, 0.29) is 0 Å². The molecule has 0 aliphatic carbocycles. The van der Waals surface area contributed by atoms with Gasteiger partial charge in [-0.05, 0) is 63.7 Å². The number of hydrogen-bond donors (Lipinski definition) is 0. The largest absolute Gasteiger partial charge is 0.309 e. The maximum absolute atomic E-state index is 14.9. The van der Waals surface area contributed by atoms with Crippen molar-refractivity contribution in [2.75, 3.05) is 0 Å². The van der Waals surface area contributed by atoms with Crippen LogP contribution < -0.4 is 15.9 Å². The van der Waals surface area contributed by atoms with Crippen molar-refractivity contribution in [1.29, 1.82) is 0 Å². The molecule has 0 saturated carbocycles. The Morgan fingerprint density at radius 3 is 1.69 bits per heavy atom. The number of aromatic nitrogens is 2. The predicted octanol–water partition coefficient (Wildman–Crippen LogP) is 9.25. The molecule has 0 saturated heterocycles. The molecule has 0 amide bonds. The summed E-state index contributed by atoms with van der Waals surface area (Å²) in [6, 6.07) is 56.1. The predicted molar refractivity (Wildman–Crippen MR) is 190 cm³/mol. The molecule has 9 aromatic rings. The summed E-state index contributed by atoms with van der Waals surface area (Å²) in [5.41, 5.74) is 6.38. The summed E-state index contributed by atoms with van der Waals surface area (Å²) in [6.07, 6.45) is 0. The summed E-state index contributed by atoms with van der Waals surface area (Å²) in [6.45, 7) is 0. The van der Waals surface area contributed by atoms with Gasteiger partial charge in [-0.15, -0.1) is 0 Å². The van der Waals surface area contributed by atoms with Crippen LogP contribution in [0.15, 0.2) is 164 Å². The number of imidazole rings is 1. The van der Waals surface area contributed by atoms with Crippen LogP contribution in [0.5, 0.6) is 0 Å². The molecule has 0 N–H and O–H groups in total. The van der Waals surface area contributed by atoms with Gasteiger partial charge < -0.3 is 4.57 Å². The molecule has 0 radical (unpaired) electrons. The summed E-state index contributed by atoms with van der Waals surface area (Å²) in [5.74, 6) is 0. The van der Waals surface area contributed by atoms with E-state index < -0.39 is 7.14 Å². The highest BCUT2D eigenvalue weighted by molar-refractivity contribution is 7.85. The van der Waals surface area contributed by atoms with E-state index in [4.69, 9.17) is 4.98 Å². The second kappa shape index (κ2) is 10.0. The smallest absolute Gasteiger partial charge is 0.171 e. The zero-order chi connectivity index (χ0) is 30.0. The molecule has 9 rings (SSSR count). The van der Waals surface area contributed by atoms with Gasteiger partial charge in [0.15, 0.2) is 7.14 Å². The van der Waals surface area contributed by atoms with Crippen LogP contribution in [-0.2, 0) is 4.57 Å². The van der Waals surface area contributed by atoms with Gasteiger partial charge in [-0.2, -0.15) is 0 Å². The van der Waals surface area contributed by atoms with E-state index in [2.05, 4.69) is 89.3 Å². The highest BCUT2D eigenvalue weighted by Crippen LogP contribution is 2.43. The van der Waals surface area contributed by atoms with Gasteiger partial charge in [-0.3, -0.25) is 4.40 Å². The first-order chi connectivity index (χ1) is 22.2. The molecule has 2 aromatic heterocycles. The first-order valence-corrected chi connectivity index (χ1v) is 16.9. The third kappa shape index (κ3) is 3.98. The Bertz CT molecular complexity index is 2560. The number of rotatable bonds is 4. The fourth-order valence-corrected chi connectivity index (χ4v) is 9.46. The molecule has 7 aromatic carbocycles. The van der Waals surface area contributed by atoms with Crippen molar-refractivity contribution in [3.8, 4) is 11.1 Å². The monoisotopic (exact) mass is 594 g/mol. The molecular formula is C41H27N2OP.